The number of hydrogen-bond donors (Lipinski definition) is 4. The Balaban J connectivity index is 2.77. The van der Waals surface area contributed by atoms with Gasteiger partial charge in [-0.2, -0.15) is 0 Å². The van der Waals surface area contributed by atoms with Gasteiger partial charge in [-0.05, 0) is 18.9 Å². The van der Waals surface area contributed by atoms with Crippen molar-refractivity contribution < 1.29 is 23.8 Å². The van der Waals surface area contributed by atoms with Crippen molar-refractivity contribution in [3.8, 4) is 0 Å². The van der Waals surface area contributed by atoms with Crippen LogP contribution in [0.3, 0.4) is 0 Å². The Morgan fingerprint density at radius 1 is 1.29 bits per heavy atom. The predicted molar refractivity (Wildman–Crippen MR) is 90.4 cm³/mol. The highest BCUT2D eigenvalue weighted by Gasteiger charge is 2.34. The zero-order valence-corrected chi connectivity index (χ0v) is 14.6. The van der Waals surface area contributed by atoms with Crippen LogP contribution < -0.4 is 16.8 Å². The van der Waals surface area contributed by atoms with E-state index in [1.165, 1.54) is 6.92 Å². The van der Waals surface area contributed by atoms with Crippen LogP contribution in [0.5, 0.6) is 0 Å². The SMILES string of the molecule is COC(=O)C(CP(=O)(O)C(C)N)NC(=O)[C@@H](N)Cc1ccccc1. The summed E-state index contributed by atoms with van der Waals surface area (Å²) in [6, 6.07) is 6.93. The molecule has 4 atom stereocenters. The van der Waals surface area contributed by atoms with Gasteiger partial charge in [-0.1, -0.05) is 30.3 Å². The van der Waals surface area contributed by atoms with Crippen LogP contribution in [0.25, 0.3) is 0 Å². The smallest absolute Gasteiger partial charge is 0.328 e. The van der Waals surface area contributed by atoms with Gasteiger partial charge in [-0.15, -0.1) is 0 Å². The first kappa shape index (κ1) is 20.3. The summed E-state index contributed by atoms with van der Waals surface area (Å²) >= 11 is 0. The zero-order chi connectivity index (χ0) is 18.3. The summed E-state index contributed by atoms with van der Waals surface area (Å²) in [6.07, 6.45) is -0.244. The van der Waals surface area contributed by atoms with Crippen LogP contribution >= 0.6 is 7.37 Å². The standard InChI is InChI=1S/C15H24N3O5P/c1-10(16)24(21,22)9-13(15(20)23-2)18-14(19)12(17)8-11-6-4-3-5-7-11/h3-7,10,12-13H,8-9,16-17H2,1-2H3,(H,18,19)(H,21,22)/t10?,12-,13?/m0/s1. The normalized spacial score (nSPS) is 17.2. The van der Waals surface area contributed by atoms with Gasteiger partial charge in [0.15, 0.2) is 0 Å². The van der Waals surface area contributed by atoms with Gasteiger partial charge in [0, 0.05) is 0 Å². The third-order valence-electron chi connectivity index (χ3n) is 3.52. The molecule has 0 aromatic heterocycles. The summed E-state index contributed by atoms with van der Waals surface area (Å²) in [5.41, 5.74) is 12.2. The number of hydrogen-bond acceptors (Lipinski definition) is 6. The van der Waals surface area contributed by atoms with Gasteiger partial charge >= 0.3 is 5.97 Å². The number of benzene rings is 1. The maximum Gasteiger partial charge on any atom is 0.328 e. The number of methoxy groups -OCH3 is 1. The van der Waals surface area contributed by atoms with E-state index in [1.807, 2.05) is 30.3 Å². The highest BCUT2D eigenvalue weighted by Crippen LogP contribution is 2.44. The summed E-state index contributed by atoms with van der Waals surface area (Å²) in [7, 11) is -2.69. The average Bonchev–Trinajstić information content (AvgIpc) is 2.53. The maximum absolute atomic E-state index is 12.2. The summed E-state index contributed by atoms with van der Waals surface area (Å²) in [6.45, 7) is 1.36. The molecule has 0 radical (unpaired) electrons. The highest BCUT2D eigenvalue weighted by molar-refractivity contribution is 7.58. The lowest BCUT2D eigenvalue weighted by atomic mass is 10.1. The minimum absolute atomic E-state index is 0.268. The van der Waals surface area contributed by atoms with Crippen molar-refractivity contribution in [2.45, 2.75) is 31.2 Å². The topological polar surface area (TPSA) is 145 Å². The molecule has 0 saturated carbocycles. The fraction of sp³-hybridized carbons (Fsp3) is 0.467. The molecule has 0 aliphatic rings. The number of nitrogens with two attached hydrogens (primary N) is 2. The minimum Gasteiger partial charge on any atom is -0.467 e. The van der Waals surface area contributed by atoms with Crippen molar-refractivity contribution in [3.05, 3.63) is 35.9 Å². The molecule has 8 nitrogen and oxygen atoms in total. The molecular weight excluding hydrogens is 333 g/mol. The number of rotatable bonds is 8. The predicted octanol–water partition coefficient (Wildman–Crippen LogP) is -0.211. The molecule has 134 valence electrons. The quantitative estimate of drug-likeness (QED) is 0.372. The van der Waals surface area contributed by atoms with Crippen molar-refractivity contribution in [2.24, 2.45) is 11.5 Å². The van der Waals surface area contributed by atoms with E-state index in [9.17, 15) is 19.0 Å². The number of carbonyl (C=O) groups is 2. The number of carbonyl (C=O) groups excluding carboxylic acids is 2. The molecule has 6 N–H and O–H groups in total. The number of ether oxygens (including phenoxy) is 1. The average molecular weight is 357 g/mol. The maximum atomic E-state index is 12.2. The van der Waals surface area contributed by atoms with Crippen LogP contribution in [0.1, 0.15) is 12.5 Å². The van der Waals surface area contributed by atoms with Gasteiger partial charge in [0.2, 0.25) is 13.3 Å². The molecule has 0 fully saturated rings. The first-order valence-electron chi connectivity index (χ1n) is 7.42. The molecule has 1 aromatic carbocycles. The molecule has 9 heteroatoms. The first-order valence-corrected chi connectivity index (χ1v) is 9.33. The van der Waals surface area contributed by atoms with Crippen molar-refractivity contribution in [3.63, 3.8) is 0 Å². The summed E-state index contributed by atoms with van der Waals surface area (Å²) in [5.74, 6) is -2.47. The lowest BCUT2D eigenvalue weighted by Crippen LogP contribution is -2.51. The minimum atomic E-state index is -3.82. The van der Waals surface area contributed by atoms with Crippen LogP contribution in [0.2, 0.25) is 0 Å². The van der Waals surface area contributed by atoms with Crippen molar-refractivity contribution in [1.82, 2.24) is 5.32 Å². The molecule has 0 aliphatic carbocycles. The van der Waals surface area contributed by atoms with E-state index in [0.717, 1.165) is 12.7 Å². The highest BCUT2D eigenvalue weighted by atomic mass is 31.2. The van der Waals surface area contributed by atoms with Crippen molar-refractivity contribution >= 4 is 19.2 Å². The molecule has 1 amide bonds. The van der Waals surface area contributed by atoms with Crippen molar-refractivity contribution in [2.75, 3.05) is 13.3 Å². The van der Waals surface area contributed by atoms with Crippen LogP contribution in [-0.2, 0) is 25.3 Å². The fourth-order valence-corrected chi connectivity index (χ4v) is 3.08. The Morgan fingerprint density at radius 3 is 2.38 bits per heavy atom. The summed E-state index contributed by atoms with van der Waals surface area (Å²) in [5, 5.41) is 2.37. The van der Waals surface area contributed by atoms with Gasteiger partial charge in [0.1, 0.15) is 6.04 Å². The zero-order valence-electron chi connectivity index (χ0n) is 13.7. The third-order valence-corrected chi connectivity index (χ3v) is 5.68. The first-order chi connectivity index (χ1) is 11.2. The van der Waals surface area contributed by atoms with Crippen LogP contribution in [0, 0.1) is 0 Å². The van der Waals surface area contributed by atoms with Gasteiger partial charge in [-0.25, -0.2) is 4.79 Å². The Labute approximate surface area is 141 Å². The van der Waals surface area contributed by atoms with Crippen LogP contribution in [0.15, 0.2) is 30.3 Å². The molecule has 1 aromatic rings. The Bertz CT molecular complexity index is 608. The third kappa shape index (κ3) is 6.05. The molecule has 0 saturated heterocycles. The second-order valence-corrected chi connectivity index (χ2v) is 8.25. The van der Waals surface area contributed by atoms with Gasteiger partial charge in [0.25, 0.3) is 0 Å². The Hall–Kier alpha value is -1.73. The van der Waals surface area contributed by atoms with Crippen LogP contribution in [0.4, 0.5) is 0 Å². The van der Waals surface area contributed by atoms with Gasteiger partial charge in [-0.3, -0.25) is 9.36 Å². The molecule has 0 bridgehead atoms. The lowest BCUT2D eigenvalue weighted by Gasteiger charge is -2.23. The lowest BCUT2D eigenvalue weighted by molar-refractivity contribution is -0.144. The number of esters is 1. The van der Waals surface area contributed by atoms with E-state index in [-0.39, 0.29) is 6.42 Å². The Kier molecular flexibility index (Phi) is 7.57. The van der Waals surface area contributed by atoms with E-state index in [1.54, 1.807) is 0 Å². The number of nitrogens with one attached hydrogen (secondary N) is 1. The monoisotopic (exact) mass is 357 g/mol. The second-order valence-electron chi connectivity index (χ2n) is 5.56. The second kappa shape index (κ2) is 8.94. The van der Waals surface area contributed by atoms with E-state index >= 15 is 0 Å². The van der Waals surface area contributed by atoms with Crippen LogP contribution in [-0.4, -0.2) is 47.9 Å². The summed E-state index contributed by atoms with van der Waals surface area (Å²) < 4.78 is 16.6. The summed E-state index contributed by atoms with van der Waals surface area (Å²) in [4.78, 5) is 33.8. The van der Waals surface area contributed by atoms with E-state index in [4.69, 9.17) is 11.5 Å². The molecule has 0 heterocycles. The van der Waals surface area contributed by atoms with Crippen molar-refractivity contribution in [1.29, 1.82) is 0 Å². The van der Waals surface area contributed by atoms with Gasteiger partial charge in [0.05, 0.1) is 25.1 Å². The number of amides is 1. The van der Waals surface area contributed by atoms with E-state index in [0.29, 0.717) is 0 Å². The molecular formula is C15H24N3O5P. The molecule has 0 spiro atoms. The molecule has 24 heavy (non-hydrogen) atoms. The van der Waals surface area contributed by atoms with E-state index < -0.39 is 43.3 Å². The van der Waals surface area contributed by atoms with E-state index in [2.05, 4.69) is 10.1 Å². The van der Waals surface area contributed by atoms with Gasteiger partial charge < -0.3 is 26.4 Å². The molecule has 3 unspecified atom stereocenters. The molecule has 0 aliphatic heterocycles. The Morgan fingerprint density at radius 2 is 1.88 bits per heavy atom. The fourth-order valence-electron chi connectivity index (χ4n) is 1.99. The largest absolute Gasteiger partial charge is 0.467 e. The molecule has 1 rings (SSSR count).